The van der Waals surface area contributed by atoms with Gasteiger partial charge >= 0.3 is 0 Å². The molecule has 0 fully saturated rings. The quantitative estimate of drug-likeness (QED) is 0.769. The summed E-state index contributed by atoms with van der Waals surface area (Å²) in [6.45, 7) is 5.22. The molecule has 0 saturated carbocycles. The van der Waals surface area contributed by atoms with E-state index in [9.17, 15) is 0 Å². The molecule has 0 bridgehead atoms. The molecule has 0 aliphatic rings. The second kappa shape index (κ2) is 7.93. The van der Waals surface area contributed by atoms with E-state index in [2.05, 4.69) is 11.4 Å². The molecular formula is C14H21NO2S. The summed E-state index contributed by atoms with van der Waals surface area (Å²) in [6.07, 6.45) is 1.76. The fraction of sp³-hybridized carbons (Fsp3) is 0.500. The highest BCUT2D eigenvalue weighted by Crippen LogP contribution is 2.28. The van der Waals surface area contributed by atoms with E-state index in [1.165, 1.54) is 5.56 Å². The van der Waals surface area contributed by atoms with E-state index in [-0.39, 0.29) is 0 Å². The Labute approximate surface area is 114 Å². The predicted molar refractivity (Wildman–Crippen MR) is 78.8 cm³/mol. The van der Waals surface area contributed by atoms with Gasteiger partial charge in [0.05, 0.1) is 18.2 Å². The zero-order valence-corrected chi connectivity index (χ0v) is 12.1. The lowest BCUT2D eigenvalue weighted by molar-refractivity contribution is 0.287. The molecule has 0 heterocycles. The van der Waals surface area contributed by atoms with Crippen LogP contribution in [-0.2, 0) is 6.42 Å². The fourth-order valence-electron chi connectivity index (χ4n) is 1.63. The molecule has 0 radical (unpaired) electrons. The first kappa shape index (κ1) is 14.8. The lowest BCUT2D eigenvalue weighted by Gasteiger charge is -2.12. The summed E-state index contributed by atoms with van der Waals surface area (Å²) in [5.41, 5.74) is 1.21. The maximum absolute atomic E-state index is 5.59. The fourth-order valence-corrected chi connectivity index (χ4v) is 1.74. The lowest BCUT2D eigenvalue weighted by atomic mass is 10.1. The summed E-state index contributed by atoms with van der Waals surface area (Å²) >= 11 is 5.14. The number of ether oxygens (including phenoxy) is 2. The number of hydrogen-bond donors (Lipinski definition) is 1. The van der Waals surface area contributed by atoms with Crippen LogP contribution in [0.5, 0.6) is 11.5 Å². The summed E-state index contributed by atoms with van der Waals surface area (Å²) in [7, 11) is 1.85. The highest BCUT2D eigenvalue weighted by molar-refractivity contribution is 7.80. The van der Waals surface area contributed by atoms with Gasteiger partial charge in [-0.15, -0.1) is 0 Å². The van der Waals surface area contributed by atoms with Crippen molar-refractivity contribution in [3.63, 3.8) is 0 Å². The van der Waals surface area contributed by atoms with Gasteiger partial charge in [-0.3, -0.25) is 0 Å². The Bertz CT molecular complexity index is 393. The van der Waals surface area contributed by atoms with Crippen LogP contribution in [0.4, 0.5) is 0 Å². The molecular weight excluding hydrogens is 246 g/mol. The van der Waals surface area contributed by atoms with Gasteiger partial charge in [0, 0.05) is 13.5 Å². The third-order valence-electron chi connectivity index (χ3n) is 2.53. The van der Waals surface area contributed by atoms with Crippen molar-refractivity contribution < 1.29 is 9.47 Å². The Morgan fingerprint density at radius 1 is 1.17 bits per heavy atom. The van der Waals surface area contributed by atoms with Gasteiger partial charge in [0.15, 0.2) is 11.5 Å². The largest absolute Gasteiger partial charge is 0.490 e. The average molecular weight is 267 g/mol. The average Bonchev–Trinajstić information content (AvgIpc) is 2.39. The molecule has 1 aromatic carbocycles. The molecule has 1 rings (SSSR count). The highest BCUT2D eigenvalue weighted by Gasteiger charge is 2.06. The normalized spacial score (nSPS) is 9.94. The minimum Gasteiger partial charge on any atom is -0.490 e. The second-order valence-corrected chi connectivity index (χ2v) is 4.31. The van der Waals surface area contributed by atoms with Crippen molar-refractivity contribution in [3.05, 3.63) is 23.8 Å². The van der Waals surface area contributed by atoms with Crippen LogP contribution in [0.1, 0.15) is 25.8 Å². The van der Waals surface area contributed by atoms with E-state index in [4.69, 9.17) is 21.7 Å². The summed E-state index contributed by atoms with van der Waals surface area (Å²) in [6, 6.07) is 6.06. The number of rotatable bonds is 7. The molecule has 1 N–H and O–H groups in total. The molecule has 0 unspecified atom stereocenters. The lowest BCUT2D eigenvalue weighted by Crippen LogP contribution is -2.15. The minimum atomic E-state index is 0.637. The van der Waals surface area contributed by atoms with Gasteiger partial charge < -0.3 is 14.8 Å². The molecule has 4 heteroatoms. The third-order valence-corrected chi connectivity index (χ3v) is 2.94. The van der Waals surface area contributed by atoms with Crippen molar-refractivity contribution in [2.45, 2.75) is 26.7 Å². The molecule has 0 amide bonds. The monoisotopic (exact) mass is 267 g/mol. The zero-order chi connectivity index (χ0) is 13.4. The molecule has 0 aliphatic heterocycles. The van der Waals surface area contributed by atoms with Crippen molar-refractivity contribution >= 4 is 17.2 Å². The molecule has 100 valence electrons. The van der Waals surface area contributed by atoms with Crippen LogP contribution in [0.3, 0.4) is 0 Å². The first-order valence-electron chi connectivity index (χ1n) is 6.30. The van der Waals surface area contributed by atoms with Crippen LogP contribution in [-0.4, -0.2) is 25.2 Å². The maximum Gasteiger partial charge on any atom is 0.161 e. The van der Waals surface area contributed by atoms with E-state index in [1.807, 2.05) is 33.0 Å². The third kappa shape index (κ3) is 4.53. The molecule has 18 heavy (non-hydrogen) atoms. The SMILES string of the molecule is CCOc1ccc(CCC(=S)NC)cc1OCC. The van der Waals surface area contributed by atoms with Crippen LogP contribution in [0.25, 0.3) is 0 Å². The maximum atomic E-state index is 5.59. The van der Waals surface area contributed by atoms with Crippen molar-refractivity contribution in [2.24, 2.45) is 0 Å². The van der Waals surface area contributed by atoms with Crippen LogP contribution in [0.15, 0.2) is 18.2 Å². The first-order chi connectivity index (χ1) is 8.71. The number of benzene rings is 1. The van der Waals surface area contributed by atoms with Crippen LogP contribution < -0.4 is 14.8 Å². The highest BCUT2D eigenvalue weighted by atomic mass is 32.1. The topological polar surface area (TPSA) is 30.5 Å². The molecule has 0 spiro atoms. The van der Waals surface area contributed by atoms with E-state index in [0.29, 0.717) is 13.2 Å². The Balaban J connectivity index is 2.75. The Morgan fingerprint density at radius 2 is 1.83 bits per heavy atom. The van der Waals surface area contributed by atoms with Gasteiger partial charge in [-0.25, -0.2) is 0 Å². The second-order valence-electron chi connectivity index (χ2n) is 3.82. The first-order valence-corrected chi connectivity index (χ1v) is 6.71. The van der Waals surface area contributed by atoms with Crippen molar-refractivity contribution in [3.8, 4) is 11.5 Å². The Kier molecular flexibility index (Phi) is 6.50. The summed E-state index contributed by atoms with van der Waals surface area (Å²) in [5, 5.41) is 2.98. The van der Waals surface area contributed by atoms with Gasteiger partial charge in [0.25, 0.3) is 0 Å². The molecule has 0 saturated heterocycles. The van der Waals surface area contributed by atoms with Crippen molar-refractivity contribution in [1.29, 1.82) is 0 Å². The van der Waals surface area contributed by atoms with E-state index in [0.717, 1.165) is 29.3 Å². The standard InChI is InChI=1S/C14H21NO2S/c1-4-16-12-8-6-11(7-9-14(18)15-3)10-13(12)17-5-2/h6,8,10H,4-5,7,9H2,1-3H3,(H,15,18). The van der Waals surface area contributed by atoms with Gasteiger partial charge in [0.1, 0.15) is 0 Å². The molecule has 3 nitrogen and oxygen atoms in total. The van der Waals surface area contributed by atoms with Crippen molar-refractivity contribution in [2.75, 3.05) is 20.3 Å². The number of hydrogen-bond acceptors (Lipinski definition) is 3. The Hall–Kier alpha value is -1.29. The number of aryl methyl sites for hydroxylation is 1. The summed E-state index contributed by atoms with van der Waals surface area (Å²) < 4.78 is 11.1. The van der Waals surface area contributed by atoms with E-state index < -0.39 is 0 Å². The van der Waals surface area contributed by atoms with Crippen LogP contribution >= 0.6 is 12.2 Å². The smallest absolute Gasteiger partial charge is 0.161 e. The van der Waals surface area contributed by atoms with Crippen LogP contribution in [0, 0.1) is 0 Å². The molecule has 0 aromatic heterocycles. The van der Waals surface area contributed by atoms with Gasteiger partial charge in [-0.1, -0.05) is 18.3 Å². The van der Waals surface area contributed by atoms with Gasteiger partial charge in [0.2, 0.25) is 0 Å². The minimum absolute atomic E-state index is 0.637. The molecule has 1 aromatic rings. The van der Waals surface area contributed by atoms with Crippen LogP contribution in [0.2, 0.25) is 0 Å². The number of nitrogens with one attached hydrogen (secondary N) is 1. The van der Waals surface area contributed by atoms with E-state index in [1.54, 1.807) is 0 Å². The van der Waals surface area contributed by atoms with Gasteiger partial charge in [-0.2, -0.15) is 0 Å². The predicted octanol–water partition coefficient (Wildman–Crippen LogP) is 2.96. The van der Waals surface area contributed by atoms with E-state index >= 15 is 0 Å². The van der Waals surface area contributed by atoms with Gasteiger partial charge in [-0.05, 0) is 38.0 Å². The van der Waals surface area contributed by atoms with Crippen molar-refractivity contribution in [1.82, 2.24) is 5.32 Å². The summed E-state index contributed by atoms with van der Waals surface area (Å²) in [4.78, 5) is 0.877. The number of thiocarbonyl (C=S) groups is 1. The Morgan fingerprint density at radius 3 is 2.44 bits per heavy atom. The molecule has 0 atom stereocenters. The zero-order valence-electron chi connectivity index (χ0n) is 11.3. The summed E-state index contributed by atoms with van der Waals surface area (Å²) in [5.74, 6) is 1.62. The molecule has 0 aliphatic carbocycles.